The Morgan fingerprint density at radius 1 is 0.393 bits per heavy atom. The highest BCUT2D eigenvalue weighted by Crippen LogP contribution is 2.40. The largest absolute Gasteiger partial charge is 0.308 e. The number of hydrogen-bond acceptors (Lipinski definition) is 4. The molecule has 0 radical (unpaired) electrons. The Hall–Kier alpha value is -7.21. The molecule has 56 heavy (non-hydrogen) atoms. The lowest BCUT2D eigenvalue weighted by atomic mass is 9.98. The Labute approximate surface area is 338 Å². The standard InChI is InChI=1S/C51H32N4S/c1-3-13-33(14-4-1)34-23-25-35(26-24-34)37-27-30-43(46(31-37)55-44-20-10-7-17-39(44)40-18-8-11-21-45(40)55)51-53-49(36-15-5-2-6-16-36)52-50(54-51)38-28-29-42-41-19-9-12-22-47(41)56-48(42)32-38/h1-32H/i7D,8D,10D,11D,17D,18D,20D,21D. The molecule has 0 fully saturated rings. The molecule has 0 amide bonds. The molecule has 262 valence electrons. The molecule has 0 aliphatic heterocycles. The average molecular weight is 741 g/mol. The van der Waals surface area contributed by atoms with E-state index in [1.165, 1.54) is 4.57 Å². The molecule has 4 nitrogen and oxygen atoms in total. The SMILES string of the molecule is [2H]c1c([2H])c([2H])c2c(c1[2H])c1c([2H])c([2H])c([2H])c([2H])c1n2-c1cc(-c2ccc(-c3ccccc3)cc2)ccc1-c1nc(-c2ccccc2)nc(-c2ccc3c(c2)sc2ccccc23)n1. The van der Waals surface area contributed by atoms with Crippen molar-refractivity contribution < 1.29 is 11.0 Å². The molecule has 0 atom stereocenters. The van der Waals surface area contributed by atoms with Gasteiger partial charge in [-0.3, -0.25) is 0 Å². The van der Waals surface area contributed by atoms with Crippen LogP contribution >= 0.6 is 11.3 Å². The van der Waals surface area contributed by atoms with Crippen LogP contribution in [0.15, 0.2) is 194 Å². The van der Waals surface area contributed by atoms with Gasteiger partial charge < -0.3 is 4.57 Å². The fourth-order valence-corrected chi connectivity index (χ4v) is 8.58. The predicted molar refractivity (Wildman–Crippen MR) is 234 cm³/mol. The van der Waals surface area contributed by atoms with Crippen molar-refractivity contribution in [2.75, 3.05) is 0 Å². The molecule has 3 aromatic heterocycles. The van der Waals surface area contributed by atoms with Crippen LogP contribution < -0.4 is 0 Å². The zero-order chi connectivity index (χ0) is 44.0. The lowest BCUT2D eigenvalue weighted by Crippen LogP contribution is -2.04. The molecule has 11 rings (SSSR count). The lowest BCUT2D eigenvalue weighted by molar-refractivity contribution is 1.07. The van der Waals surface area contributed by atoms with Gasteiger partial charge >= 0.3 is 0 Å². The van der Waals surface area contributed by atoms with Gasteiger partial charge in [0, 0.05) is 47.6 Å². The van der Waals surface area contributed by atoms with Crippen LogP contribution in [-0.4, -0.2) is 19.5 Å². The van der Waals surface area contributed by atoms with E-state index in [1.54, 1.807) is 11.3 Å². The summed E-state index contributed by atoms with van der Waals surface area (Å²) in [6, 6.07) is 44.1. The van der Waals surface area contributed by atoms with E-state index < -0.39 is 48.3 Å². The Morgan fingerprint density at radius 3 is 1.62 bits per heavy atom. The normalized spacial score (nSPS) is 13.6. The van der Waals surface area contributed by atoms with Crippen LogP contribution in [0, 0.1) is 0 Å². The molecular formula is C51H32N4S. The van der Waals surface area contributed by atoms with Gasteiger partial charge in [-0.2, -0.15) is 0 Å². The molecule has 0 spiro atoms. The van der Waals surface area contributed by atoms with Crippen molar-refractivity contribution in [3.05, 3.63) is 194 Å². The van der Waals surface area contributed by atoms with E-state index >= 15 is 0 Å². The summed E-state index contributed by atoms with van der Waals surface area (Å²) in [6.07, 6.45) is 0. The number of nitrogens with zero attached hydrogens (tertiary/aromatic N) is 4. The molecular weight excluding hydrogens is 701 g/mol. The van der Waals surface area contributed by atoms with Gasteiger partial charge in [0.2, 0.25) is 0 Å². The first-order chi connectivity index (χ1) is 31.1. The molecule has 0 N–H and O–H groups in total. The smallest absolute Gasteiger partial charge is 0.166 e. The summed E-state index contributed by atoms with van der Waals surface area (Å²) < 4.78 is 75.6. The van der Waals surface area contributed by atoms with Gasteiger partial charge in [0.25, 0.3) is 0 Å². The fraction of sp³-hybridized carbons (Fsp3) is 0. The van der Waals surface area contributed by atoms with E-state index in [0.717, 1.165) is 53.6 Å². The van der Waals surface area contributed by atoms with Gasteiger partial charge in [-0.05, 0) is 58.6 Å². The van der Waals surface area contributed by atoms with Gasteiger partial charge in [-0.25, -0.2) is 15.0 Å². The summed E-state index contributed by atoms with van der Waals surface area (Å²) in [7, 11) is 0. The summed E-state index contributed by atoms with van der Waals surface area (Å²) in [4.78, 5) is 15.3. The first-order valence-electron chi connectivity index (χ1n) is 22.1. The van der Waals surface area contributed by atoms with Gasteiger partial charge in [0.1, 0.15) is 0 Å². The van der Waals surface area contributed by atoms with Crippen molar-refractivity contribution in [3.8, 4) is 62.1 Å². The minimum atomic E-state index is -0.512. The molecule has 8 aromatic carbocycles. The van der Waals surface area contributed by atoms with Crippen LogP contribution in [0.4, 0.5) is 0 Å². The maximum Gasteiger partial charge on any atom is 0.166 e. The monoisotopic (exact) mass is 740 g/mol. The predicted octanol–water partition coefficient (Wildman–Crippen LogP) is 13.7. The van der Waals surface area contributed by atoms with Gasteiger partial charge in [0.15, 0.2) is 17.5 Å². The first-order valence-corrected chi connectivity index (χ1v) is 18.9. The average Bonchev–Trinajstić information content (AvgIpc) is 3.91. The van der Waals surface area contributed by atoms with Crippen LogP contribution in [0.2, 0.25) is 0 Å². The number of thiophene rings is 1. The van der Waals surface area contributed by atoms with Gasteiger partial charge in [-0.15, -0.1) is 11.3 Å². The molecule has 0 saturated carbocycles. The molecule has 0 bridgehead atoms. The summed E-state index contributed by atoms with van der Waals surface area (Å²) >= 11 is 1.68. The van der Waals surface area contributed by atoms with Crippen LogP contribution in [0.1, 0.15) is 11.0 Å². The number of rotatable bonds is 6. The Balaban J connectivity index is 1.23. The van der Waals surface area contributed by atoms with Crippen molar-refractivity contribution in [2.24, 2.45) is 0 Å². The van der Waals surface area contributed by atoms with Crippen molar-refractivity contribution in [1.29, 1.82) is 0 Å². The minimum Gasteiger partial charge on any atom is -0.308 e. The number of fused-ring (bicyclic) bond motifs is 6. The first kappa shape index (κ1) is 25.0. The second kappa shape index (κ2) is 13.3. The van der Waals surface area contributed by atoms with E-state index in [-0.39, 0.29) is 27.6 Å². The topological polar surface area (TPSA) is 43.6 Å². The zero-order valence-electron chi connectivity index (χ0n) is 37.6. The highest BCUT2D eigenvalue weighted by molar-refractivity contribution is 7.25. The zero-order valence-corrected chi connectivity index (χ0v) is 30.4. The minimum absolute atomic E-state index is 0.00130. The van der Waals surface area contributed by atoms with E-state index in [1.807, 2.05) is 121 Å². The summed E-state index contributed by atoms with van der Waals surface area (Å²) in [5.74, 6) is 1.05. The number of aromatic nitrogens is 4. The maximum absolute atomic E-state index is 9.33. The van der Waals surface area contributed by atoms with Crippen molar-refractivity contribution in [1.82, 2.24) is 19.5 Å². The Morgan fingerprint density at radius 2 is 0.911 bits per heavy atom. The van der Waals surface area contributed by atoms with E-state index in [0.29, 0.717) is 22.9 Å². The molecule has 5 heteroatoms. The lowest BCUT2D eigenvalue weighted by Gasteiger charge is -2.16. The fourth-order valence-electron chi connectivity index (χ4n) is 7.44. The third-order valence-electron chi connectivity index (χ3n) is 10.1. The third kappa shape index (κ3) is 5.48. The molecule has 0 aliphatic carbocycles. The van der Waals surface area contributed by atoms with E-state index in [2.05, 4.69) is 24.3 Å². The molecule has 0 saturated heterocycles. The Kier molecular flexibility index (Phi) is 5.92. The van der Waals surface area contributed by atoms with E-state index in [9.17, 15) is 2.74 Å². The number of benzene rings is 8. The third-order valence-corrected chi connectivity index (χ3v) is 11.3. The highest BCUT2D eigenvalue weighted by Gasteiger charge is 2.20. The molecule has 11 aromatic rings. The molecule has 0 unspecified atom stereocenters. The molecule has 0 aliphatic rings. The van der Waals surface area contributed by atoms with Crippen LogP contribution in [0.25, 0.3) is 104 Å². The summed E-state index contributed by atoms with van der Waals surface area (Å²) in [5.41, 5.74) is 5.95. The number of hydrogen-bond donors (Lipinski definition) is 0. The van der Waals surface area contributed by atoms with E-state index in [4.69, 9.17) is 23.2 Å². The van der Waals surface area contributed by atoms with Gasteiger partial charge in [0.05, 0.1) is 27.7 Å². The summed E-state index contributed by atoms with van der Waals surface area (Å²) in [6.45, 7) is 0. The Bertz CT molecular complexity index is 3630. The van der Waals surface area contributed by atoms with Crippen LogP contribution in [-0.2, 0) is 0 Å². The van der Waals surface area contributed by atoms with Crippen LogP contribution in [0.5, 0.6) is 0 Å². The van der Waals surface area contributed by atoms with Crippen molar-refractivity contribution in [2.45, 2.75) is 0 Å². The second-order valence-electron chi connectivity index (χ2n) is 13.4. The highest BCUT2D eigenvalue weighted by atomic mass is 32.1. The van der Waals surface area contributed by atoms with Crippen LogP contribution in [0.3, 0.4) is 0 Å². The maximum atomic E-state index is 9.33. The summed E-state index contributed by atoms with van der Waals surface area (Å²) in [5, 5.41) is 2.25. The molecule has 3 heterocycles. The van der Waals surface area contributed by atoms with Crippen molar-refractivity contribution in [3.63, 3.8) is 0 Å². The van der Waals surface area contributed by atoms with Crippen molar-refractivity contribution >= 4 is 53.3 Å². The van der Waals surface area contributed by atoms with Gasteiger partial charge in [-0.1, -0.05) is 158 Å². The second-order valence-corrected chi connectivity index (χ2v) is 14.5. The quantitative estimate of drug-likeness (QED) is 0.170. The number of para-hydroxylation sites is 2.